The molecule has 1 aromatic rings. The normalized spacial score (nSPS) is 21.2. The Balaban J connectivity index is 2.12. The first-order valence-corrected chi connectivity index (χ1v) is 5.45. The van der Waals surface area contributed by atoms with Crippen LogP contribution in [-0.2, 0) is 6.42 Å². The highest BCUT2D eigenvalue weighted by Crippen LogP contribution is 2.19. The quantitative estimate of drug-likeness (QED) is 0.750. The molecule has 2 nitrogen and oxygen atoms in total. The zero-order valence-electron chi connectivity index (χ0n) is 8.41. The van der Waals surface area contributed by atoms with Gasteiger partial charge in [0.1, 0.15) is 0 Å². The van der Waals surface area contributed by atoms with Crippen molar-refractivity contribution in [2.45, 2.75) is 12.5 Å². The monoisotopic (exact) mass is 223 g/mol. The molecule has 1 heterocycles. The molecule has 80 valence electrons. The SMILES string of the molecule is OC1C=C(Cc2ccccc2Cl)CNC1. The number of β-amino-alcohol motifs (C(OH)–C–C–N with tert-alkyl or cyclic N) is 1. The van der Waals surface area contributed by atoms with Gasteiger partial charge < -0.3 is 10.4 Å². The second kappa shape index (κ2) is 4.79. The predicted octanol–water partition coefficient (Wildman–Crippen LogP) is 1.77. The Morgan fingerprint density at radius 1 is 1.40 bits per heavy atom. The second-order valence-corrected chi connectivity index (χ2v) is 4.20. The van der Waals surface area contributed by atoms with Crippen molar-refractivity contribution >= 4 is 11.6 Å². The van der Waals surface area contributed by atoms with Crippen LogP contribution < -0.4 is 5.32 Å². The molecule has 2 N–H and O–H groups in total. The van der Waals surface area contributed by atoms with E-state index in [1.165, 1.54) is 5.57 Å². The molecule has 0 spiro atoms. The summed E-state index contributed by atoms with van der Waals surface area (Å²) < 4.78 is 0. The first kappa shape index (κ1) is 10.7. The van der Waals surface area contributed by atoms with Gasteiger partial charge in [0.05, 0.1) is 6.10 Å². The van der Waals surface area contributed by atoms with Crippen molar-refractivity contribution < 1.29 is 5.11 Å². The molecule has 0 saturated heterocycles. The Kier molecular flexibility index (Phi) is 3.41. The third-order valence-electron chi connectivity index (χ3n) is 2.51. The van der Waals surface area contributed by atoms with Gasteiger partial charge >= 0.3 is 0 Å². The fourth-order valence-corrected chi connectivity index (χ4v) is 1.98. The maximum atomic E-state index is 9.46. The van der Waals surface area contributed by atoms with Crippen molar-refractivity contribution in [2.75, 3.05) is 13.1 Å². The molecule has 3 heteroatoms. The average Bonchev–Trinajstić information content (AvgIpc) is 2.22. The van der Waals surface area contributed by atoms with E-state index in [-0.39, 0.29) is 6.10 Å². The lowest BCUT2D eigenvalue weighted by Gasteiger charge is -2.18. The third-order valence-corrected chi connectivity index (χ3v) is 2.88. The lowest BCUT2D eigenvalue weighted by atomic mass is 10.0. The largest absolute Gasteiger partial charge is 0.388 e. The van der Waals surface area contributed by atoms with Gasteiger partial charge in [0.25, 0.3) is 0 Å². The minimum atomic E-state index is -0.365. The lowest BCUT2D eigenvalue weighted by Crippen LogP contribution is -2.32. The van der Waals surface area contributed by atoms with Crippen molar-refractivity contribution in [2.24, 2.45) is 0 Å². The van der Waals surface area contributed by atoms with Crippen molar-refractivity contribution in [3.8, 4) is 0 Å². The van der Waals surface area contributed by atoms with Crippen LogP contribution in [0.2, 0.25) is 5.02 Å². The van der Waals surface area contributed by atoms with E-state index in [2.05, 4.69) is 5.32 Å². The fraction of sp³-hybridized carbons (Fsp3) is 0.333. The average molecular weight is 224 g/mol. The standard InChI is InChI=1S/C12H14ClNO/c13-12-4-2-1-3-10(12)5-9-6-11(15)8-14-7-9/h1-4,6,11,14-15H,5,7-8H2. The van der Waals surface area contributed by atoms with Crippen LogP contribution in [0.3, 0.4) is 0 Å². The summed E-state index contributed by atoms with van der Waals surface area (Å²) >= 11 is 6.07. The molecule has 0 aromatic heterocycles. The second-order valence-electron chi connectivity index (χ2n) is 3.79. The van der Waals surface area contributed by atoms with Crippen LogP contribution in [0.4, 0.5) is 0 Å². The van der Waals surface area contributed by atoms with E-state index < -0.39 is 0 Å². The van der Waals surface area contributed by atoms with E-state index in [0.717, 1.165) is 23.6 Å². The van der Waals surface area contributed by atoms with Gasteiger partial charge in [-0.3, -0.25) is 0 Å². The first-order valence-electron chi connectivity index (χ1n) is 5.07. The van der Waals surface area contributed by atoms with E-state index in [9.17, 15) is 5.11 Å². The Bertz CT molecular complexity index is 376. The molecule has 15 heavy (non-hydrogen) atoms. The van der Waals surface area contributed by atoms with Crippen LogP contribution in [-0.4, -0.2) is 24.3 Å². The topological polar surface area (TPSA) is 32.3 Å². The summed E-state index contributed by atoms with van der Waals surface area (Å²) in [6.07, 6.45) is 2.36. The van der Waals surface area contributed by atoms with Gasteiger partial charge in [-0.15, -0.1) is 0 Å². The molecule has 0 radical (unpaired) electrons. The molecule has 0 aliphatic carbocycles. The number of benzene rings is 1. The number of hydrogen-bond donors (Lipinski definition) is 2. The number of aliphatic hydroxyl groups excluding tert-OH is 1. The summed E-state index contributed by atoms with van der Waals surface area (Å²) in [5.74, 6) is 0. The van der Waals surface area contributed by atoms with E-state index in [0.29, 0.717) is 6.54 Å². The van der Waals surface area contributed by atoms with Crippen LogP contribution in [0.15, 0.2) is 35.9 Å². The molecule has 1 aliphatic rings. The highest BCUT2D eigenvalue weighted by molar-refractivity contribution is 6.31. The number of rotatable bonds is 2. The minimum Gasteiger partial charge on any atom is -0.388 e. The van der Waals surface area contributed by atoms with Crippen molar-refractivity contribution in [3.63, 3.8) is 0 Å². The highest BCUT2D eigenvalue weighted by Gasteiger charge is 2.11. The maximum absolute atomic E-state index is 9.46. The summed E-state index contributed by atoms with van der Waals surface area (Å²) in [5, 5.41) is 13.4. The van der Waals surface area contributed by atoms with Crippen LogP contribution in [0.5, 0.6) is 0 Å². The van der Waals surface area contributed by atoms with E-state index in [1.807, 2.05) is 30.3 Å². The third kappa shape index (κ3) is 2.81. The molecule has 1 aliphatic heterocycles. The lowest BCUT2D eigenvalue weighted by molar-refractivity contribution is 0.213. The molecule has 2 rings (SSSR count). The van der Waals surface area contributed by atoms with Crippen LogP contribution >= 0.6 is 11.6 Å². The van der Waals surface area contributed by atoms with Gasteiger partial charge in [0, 0.05) is 18.1 Å². The van der Waals surface area contributed by atoms with Gasteiger partial charge in [0.2, 0.25) is 0 Å². The zero-order valence-corrected chi connectivity index (χ0v) is 9.17. The Morgan fingerprint density at radius 2 is 2.20 bits per heavy atom. The molecule has 1 aromatic carbocycles. The van der Waals surface area contributed by atoms with E-state index in [1.54, 1.807) is 0 Å². The van der Waals surface area contributed by atoms with Crippen LogP contribution in [0.25, 0.3) is 0 Å². The van der Waals surface area contributed by atoms with E-state index in [4.69, 9.17) is 11.6 Å². The summed E-state index contributed by atoms with van der Waals surface area (Å²) in [6.45, 7) is 1.48. The molecule has 1 atom stereocenters. The molecular weight excluding hydrogens is 210 g/mol. The van der Waals surface area contributed by atoms with Crippen LogP contribution in [0.1, 0.15) is 5.56 Å². The summed E-state index contributed by atoms with van der Waals surface area (Å²) in [7, 11) is 0. The Morgan fingerprint density at radius 3 is 2.93 bits per heavy atom. The van der Waals surface area contributed by atoms with Crippen molar-refractivity contribution in [1.82, 2.24) is 5.32 Å². The smallest absolute Gasteiger partial charge is 0.0848 e. The molecule has 0 saturated carbocycles. The van der Waals surface area contributed by atoms with Crippen molar-refractivity contribution in [3.05, 3.63) is 46.5 Å². The summed E-state index contributed by atoms with van der Waals surface area (Å²) in [4.78, 5) is 0. The number of halogens is 1. The van der Waals surface area contributed by atoms with Crippen molar-refractivity contribution in [1.29, 1.82) is 0 Å². The highest BCUT2D eigenvalue weighted by atomic mass is 35.5. The molecule has 0 bridgehead atoms. The van der Waals surface area contributed by atoms with Gasteiger partial charge in [-0.2, -0.15) is 0 Å². The minimum absolute atomic E-state index is 0.365. The first-order chi connectivity index (χ1) is 7.25. The van der Waals surface area contributed by atoms with Gasteiger partial charge in [-0.05, 0) is 18.1 Å². The van der Waals surface area contributed by atoms with Gasteiger partial charge in [-0.1, -0.05) is 41.4 Å². The zero-order chi connectivity index (χ0) is 10.7. The van der Waals surface area contributed by atoms with Crippen LogP contribution in [0, 0.1) is 0 Å². The molecular formula is C12H14ClNO. The Labute approximate surface area is 94.6 Å². The fourth-order valence-electron chi connectivity index (χ4n) is 1.78. The number of hydrogen-bond acceptors (Lipinski definition) is 2. The molecule has 1 unspecified atom stereocenters. The van der Waals surface area contributed by atoms with Gasteiger partial charge in [-0.25, -0.2) is 0 Å². The number of nitrogens with one attached hydrogen (secondary N) is 1. The summed E-state index contributed by atoms with van der Waals surface area (Å²) in [5.41, 5.74) is 2.31. The predicted molar refractivity (Wildman–Crippen MR) is 62.1 cm³/mol. The maximum Gasteiger partial charge on any atom is 0.0848 e. The molecule has 0 amide bonds. The molecule has 0 fully saturated rings. The Hall–Kier alpha value is -0.830. The summed E-state index contributed by atoms with van der Waals surface area (Å²) in [6, 6.07) is 7.82. The van der Waals surface area contributed by atoms with Gasteiger partial charge in [0.15, 0.2) is 0 Å². The van der Waals surface area contributed by atoms with E-state index >= 15 is 0 Å². The number of aliphatic hydroxyl groups is 1.